The molecule has 3 nitrogen and oxygen atoms in total. The van der Waals surface area contributed by atoms with Gasteiger partial charge in [0.2, 0.25) is 0 Å². The molecule has 0 heterocycles. The molecule has 22 heavy (non-hydrogen) atoms. The van der Waals surface area contributed by atoms with E-state index in [9.17, 15) is 9.90 Å². The van der Waals surface area contributed by atoms with Crippen molar-refractivity contribution in [2.45, 2.75) is 78.6 Å². The molecule has 124 valence electrons. The predicted molar refractivity (Wildman–Crippen MR) is 90.6 cm³/mol. The molecule has 0 amide bonds. The number of carbonyl (C=O) groups excluding carboxylic acids is 1. The molecule has 1 N–H and O–H groups in total. The normalized spacial score (nSPS) is 11.5. The highest BCUT2D eigenvalue weighted by atomic mass is 16.5. The molecule has 0 unspecified atom stereocenters. The third-order valence-electron chi connectivity index (χ3n) is 3.80. The van der Waals surface area contributed by atoms with E-state index in [1.54, 1.807) is 12.1 Å². The highest BCUT2D eigenvalue weighted by molar-refractivity contribution is 5.72. The number of ether oxygens (including phenoxy) is 1. The molecule has 0 bridgehead atoms. The Balaban J connectivity index is 2.66. The minimum atomic E-state index is -0.197. The van der Waals surface area contributed by atoms with E-state index >= 15 is 0 Å². The number of esters is 1. The summed E-state index contributed by atoms with van der Waals surface area (Å²) in [6.07, 6.45) is 6.01. The second kappa shape index (κ2) is 8.21. The summed E-state index contributed by atoms with van der Waals surface area (Å²) in [4.78, 5) is 11.9. The molecule has 0 aromatic heterocycles. The number of aromatic hydroxyl groups is 1. The Morgan fingerprint density at radius 3 is 2.36 bits per heavy atom. The van der Waals surface area contributed by atoms with E-state index in [1.165, 1.54) is 19.3 Å². The Morgan fingerprint density at radius 2 is 1.77 bits per heavy atom. The summed E-state index contributed by atoms with van der Waals surface area (Å²) in [5.74, 6) is 0.618. The van der Waals surface area contributed by atoms with Gasteiger partial charge in [0.25, 0.3) is 0 Å². The van der Waals surface area contributed by atoms with Crippen LogP contribution in [0.4, 0.5) is 0 Å². The zero-order valence-corrected chi connectivity index (χ0v) is 14.7. The van der Waals surface area contributed by atoms with Gasteiger partial charge in [0.1, 0.15) is 11.5 Å². The molecule has 0 spiro atoms. The van der Waals surface area contributed by atoms with E-state index in [1.807, 2.05) is 27.7 Å². The summed E-state index contributed by atoms with van der Waals surface area (Å²) in [6, 6.07) is 3.50. The van der Waals surface area contributed by atoms with Crippen LogP contribution in [-0.2, 0) is 10.2 Å². The zero-order chi connectivity index (χ0) is 16.8. The van der Waals surface area contributed by atoms with Gasteiger partial charge in [-0.25, -0.2) is 0 Å². The van der Waals surface area contributed by atoms with Gasteiger partial charge in [-0.05, 0) is 36.5 Å². The van der Waals surface area contributed by atoms with Gasteiger partial charge in [0.15, 0.2) is 0 Å². The summed E-state index contributed by atoms with van der Waals surface area (Å²) in [6.45, 7) is 10.1. The van der Waals surface area contributed by atoms with E-state index in [-0.39, 0.29) is 17.1 Å². The Kier molecular flexibility index (Phi) is 6.92. The van der Waals surface area contributed by atoms with Crippen molar-refractivity contribution in [1.29, 1.82) is 0 Å². The number of carbonyl (C=O) groups is 1. The molecule has 0 saturated carbocycles. The average Bonchev–Trinajstić information content (AvgIpc) is 2.41. The number of aryl methyl sites for hydroxylation is 1. The third-order valence-corrected chi connectivity index (χ3v) is 3.80. The Morgan fingerprint density at radius 1 is 1.14 bits per heavy atom. The van der Waals surface area contributed by atoms with E-state index in [2.05, 4.69) is 6.92 Å². The first kappa shape index (κ1) is 18.5. The van der Waals surface area contributed by atoms with Gasteiger partial charge in [0, 0.05) is 12.0 Å². The molecule has 1 aromatic rings. The van der Waals surface area contributed by atoms with Crippen LogP contribution >= 0.6 is 0 Å². The largest absolute Gasteiger partial charge is 0.507 e. The number of rotatable bonds is 7. The quantitative estimate of drug-likeness (QED) is 0.424. The lowest BCUT2D eigenvalue weighted by Gasteiger charge is -2.22. The smallest absolute Gasteiger partial charge is 0.311 e. The fourth-order valence-corrected chi connectivity index (χ4v) is 2.43. The summed E-state index contributed by atoms with van der Waals surface area (Å²) < 4.78 is 5.44. The molecule has 0 aliphatic carbocycles. The van der Waals surface area contributed by atoms with Crippen LogP contribution in [0.3, 0.4) is 0 Å². The zero-order valence-electron chi connectivity index (χ0n) is 14.7. The van der Waals surface area contributed by atoms with Gasteiger partial charge in [-0.15, -0.1) is 0 Å². The van der Waals surface area contributed by atoms with Crippen molar-refractivity contribution >= 4 is 5.97 Å². The number of hydrogen-bond acceptors (Lipinski definition) is 3. The molecule has 1 aromatic carbocycles. The van der Waals surface area contributed by atoms with Crippen LogP contribution in [0.25, 0.3) is 0 Å². The number of phenols is 1. The maximum atomic E-state index is 11.9. The van der Waals surface area contributed by atoms with Gasteiger partial charge in [0.05, 0.1) is 0 Å². The fraction of sp³-hybridized carbons (Fsp3) is 0.632. The molecule has 0 radical (unpaired) electrons. The molecule has 0 aliphatic rings. The maximum Gasteiger partial charge on any atom is 0.311 e. The number of unbranched alkanes of at least 4 members (excludes halogenated alkanes) is 4. The van der Waals surface area contributed by atoms with E-state index in [0.29, 0.717) is 12.2 Å². The van der Waals surface area contributed by atoms with Gasteiger partial charge in [-0.3, -0.25) is 4.79 Å². The first-order chi connectivity index (χ1) is 10.3. The van der Waals surface area contributed by atoms with Crippen LogP contribution in [0.1, 0.15) is 77.3 Å². The second-order valence-electron chi connectivity index (χ2n) is 7.02. The Bertz CT molecular complexity index is 498. The van der Waals surface area contributed by atoms with Gasteiger partial charge < -0.3 is 9.84 Å². The summed E-state index contributed by atoms with van der Waals surface area (Å²) >= 11 is 0. The third kappa shape index (κ3) is 5.70. The highest BCUT2D eigenvalue weighted by Gasteiger charge is 2.21. The topological polar surface area (TPSA) is 46.5 Å². The van der Waals surface area contributed by atoms with Crippen molar-refractivity contribution in [2.24, 2.45) is 0 Å². The van der Waals surface area contributed by atoms with Crippen LogP contribution in [0.15, 0.2) is 12.1 Å². The van der Waals surface area contributed by atoms with Crippen LogP contribution in [-0.4, -0.2) is 11.1 Å². The first-order valence-corrected chi connectivity index (χ1v) is 8.30. The van der Waals surface area contributed by atoms with E-state index in [0.717, 1.165) is 24.0 Å². The number of phenolic OH excluding ortho intramolecular Hbond substituents is 1. The lowest BCUT2D eigenvalue weighted by atomic mass is 9.85. The van der Waals surface area contributed by atoms with Crippen molar-refractivity contribution in [3.8, 4) is 11.5 Å². The molecule has 0 aliphatic heterocycles. The average molecular weight is 306 g/mol. The minimum absolute atomic E-state index is 0.193. The fourth-order valence-electron chi connectivity index (χ4n) is 2.43. The van der Waals surface area contributed by atoms with Crippen molar-refractivity contribution in [3.63, 3.8) is 0 Å². The van der Waals surface area contributed by atoms with Crippen LogP contribution in [0, 0.1) is 6.92 Å². The summed E-state index contributed by atoms with van der Waals surface area (Å²) in [5.41, 5.74) is 1.34. The summed E-state index contributed by atoms with van der Waals surface area (Å²) in [5, 5.41) is 10.2. The Labute approximate surface area is 134 Å². The molecule has 0 fully saturated rings. The Hall–Kier alpha value is -1.51. The van der Waals surface area contributed by atoms with Crippen molar-refractivity contribution in [1.82, 2.24) is 0 Å². The van der Waals surface area contributed by atoms with E-state index in [4.69, 9.17) is 4.74 Å². The van der Waals surface area contributed by atoms with Gasteiger partial charge >= 0.3 is 5.97 Å². The molecular weight excluding hydrogens is 276 g/mol. The molecule has 0 atom stereocenters. The lowest BCUT2D eigenvalue weighted by molar-refractivity contribution is -0.134. The standard InChI is InChI=1S/C19H30O3/c1-6-7-8-9-10-11-17(20)22-15-12-14(2)18(21)16(13-15)19(3,4)5/h12-13,21H,6-11H2,1-5H3. The number of hydrogen-bond donors (Lipinski definition) is 1. The van der Waals surface area contributed by atoms with Crippen molar-refractivity contribution in [3.05, 3.63) is 23.3 Å². The minimum Gasteiger partial charge on any atom is -0.507 e. The lowest BCUT2D eigenvalue weighted by Crippen LogP contribution is -2.13. The van der Waals surface area contributed by atoms with Gasteiger partial charge in [-0.1, -0.05) is 53.4 Å². The monoisotopic (exact) mass is 306 g/mol. The summed E-state index contributed by atoms with van der Waals surface area (Å²) in [7, 11) is 0. The van der Waals surface area contributed by atoms with Crippen LogP contribution in [0.2, 0.25) is 0 Å². The second-order valence-corrected chi connectivity index (χ2v) is 7.02. The highest BCUT2D eigenvalue weighted by Crippen LogP contribution is 2.36. The van der Waals surface area contributed by atoms with Crippen LogP contribution < -0.4 is 4.74 Å². The molecule has 1 rings (SSSR count). The first-order valence-electron chi connectivity index (χ1n) is 8.30. The van der Waals surface area contributed by atoms with Gasteiger partial charge in [-0.2, -0.15) is 0 Å². The number of benzene rings is 1. The SMILES string of the molecule is CCCCCCCC(=O)Oc1cc(C)c(O)c(C(C)(C)C)c1. The van der Waals surface area contributed by atoms with Crippen LogP contribution in [0.5, 0.6) is 11.5 Å². The van der Waals surface area contributed by atoms with E-state index < -0.39 is 0 Å². The van der Waals surface area contributed by atoms with Crippen molar-refractivity contribution in [2.75, 3.05) is 0 Å². The maximum absolute atomic E-state index is 11.9. The molecular formula is C19H30O3. The molecule has 0 saturated heterocycles. The predicted octanol–water partition coefficient (Wildman–Crippen LogP) is 5.26. The van der Waals surface area contributed by atoms with Crippen molar-refractivity contribution < 1.29 is 14.6 Å². The molecule has 3 heteroatoms.